The Kier molecular flexibility index (Phi) is 4.59. The summed E-state index contributed by atoms with van der Waals surface area (Å²) < 4.78 is 10.4. The molecule has 0 saturated carbocycles. The lowest BCUT2D eigenvalue weighted by atomic mass is 10.1. The van der Waals surface area contributed by atoms with E-state index in [1.807, 2.05) is 24.3 Å². The predicted molar refractivity (Wildman–Crippen MR) is 68.4 cm³/mol. The topological polar surface area (TPSA) is 47.6 Å². The molecule has 1 fully saturated rings. The smallest absolute Gasteiger partial charge is 0.323 e. The van der Waals surface area contributed by atoms with Crippen LogP contribution in [0.15, 0.2) is 24.3 Å². The van der Waals surface area contributed by atoms with Gasteiger partial charge >= 0.3 is 5.97 Å². The molecule has 1 heterocycles. The summed E-state index contributed by atoms with van der Waals surface area (Å²) in [6.45, 7) is 1.20. The van der Waals surface area contributed by atoms with Crippen LogP contribution in [-0.2, 0) is 16.1 Å². The molecular formula is C14H19NO3. The van der Waals surface area contributed by atoms with E-state index in [0.29, 0.717) is 6.61 Å². The molecule has 0 unspecified atom stereocenters. The summed E-state index contributed by atoms with van der Waals surface area (Å²) in [6, 6.07) is 7.42. The molecule has 18 heavy (non-hydrogen) atoms. The van der Waals surface area contributed by atoms with Crippen molar-refractivity contribution in [2.45, 2.75) is 31.9 Å². The standard InChI is InChI=1S/C14H19NO3/c1-17-12-6-4-5-11(9-12)10-18-14(16)13-7-2-3-8-15-13/h4-6,9,13,15H,2-3,7-8,10H2,1H3/t13-/m1/s1. The molecule has 1 N–H and O–H groups in total. The average Bonchev–Trinajstić information content (AvgIpc) is 2.46. The number of carbonyl (C=O) groups excluding carboxylic acids is 1. The van der Waals surface area contributed by atoms with Gasteiger partial charge < -0.3 is 14.8 Å². The van der Waals surface area contributed by atoms with Gasteiger partial charge in [-0.3, -0.25) is 4.79 Å². The van der Waals surface area contributed by atoms with Gasteiger partial charge in [0, 0.05) is 0 Å². The maximum Gasteiger partial charge on any atom is 0.323 e. The maximum absolute atomic E-state index is 11.8. The van der Waals surface area contributed by atoms with Gasteiger partial charge in [0.25, 0.3) is 0 Å². The molecule has 1 aliphatic rings. The third kappa shape index (κ3) is 3.47. The number of methoxy groups -OCH3 is 1. The zero-order chi connectivity index (χ0) is 12.8. The molecule has 1 aliphatic heterocycles. The number of benzene rings is 1. The van der Waals surface area contributed by atoms with Gasteiger partial charge in [0.15, 0.2) is 0 Å². The largest absolute Gasteiger partial charge is 0.497 e. The van der Waals surface area contributed by atoms with Crippen molar-refractivity contribution in [2.24, 2.45) is 0 Å². The van der Waals surface area contributed by atoms with Crippen molar-refractivity contribution in [1.82, 2.24) is 5.32 Å². The summed E-state index contributed by atoms with van der Waals surface area (Å²) in [4.78, 5) is 11.8. The lowest BCUT2D eigenvalue weighted by molar-refractivity contribution is -0.148. The van der Waals surface area contributed by atoms with E-state index >= 15 is 0 Å². The molecule has 0 radical (unpaired) electrons. The number of hydrogen-bond acceptors (Lipinski definition) is 4. The average molecular weight is 249 g/mol. The van der Waals surface area contributed by atoms with Gasteiger partial charge in [0.05, 0.1) is 7.11 Å². The first-order chi connectivity index (χ1) is 8.79. The van der Waals surface area contributed by atoms with Crippen LogP contribution in [0, 0.1) is 0 Å². The van der Waals surface area contributed by atoms with Crippen molar-refractivity contribution < 1.29 is 14.3 Å². The molecule has 0 bridgehead atoms. The molecule has 0 spiro atoms. The van der Waals surface area contributed by atoms with E-state index in [9.17, 15) is 4.79 Å². The van der Waals surface area contributed by atoms with E-state index in [-0.39, 0.29) is 12.0 Å². The molecule has 4 heteroatoms. The molecular weight excluding hydrogens is 230 g/mol. The maximum atomic E-state index is 11.8. The van der Waals surface area contributed by atoms with Gasteiger partial charge in [0.1, 0.15) is 18.4 Å². The van der Waals surface area contributed by atoms with Crippen LogP contribution in [-0.4, -0.2) is 25.7 Å². The van der Waals surface area contributed by atoms with Gasteiger partial charge in [-0.25, -0.2) is 0 Å². The Bertz CT molecular complexity index is 400. The van der Waals surface area contributed by atoms with Gasteiger partial charge in [-0.1, -0.05) is 18.6 Å². The van der Waals surface area contributed by atoms with E-state index < -0.39 is 0 Å². The molecule has 0 amide bonds. The summed E-state index contributed by atoms with van der Waals surface area (Å²) in [5, 5.41) is 3.18. The lowest BCUT2D eigenvalue weighted by Crippen LogP contribution is -2.41. The molecule has 1 atom stereocenters. The molecule has 1 aromatic carbocycles. The van der Waals surface area contributed by atoms with Gasteiger partial charge in [-0.05, 0) is 37.1 Å². The Balaban J connectivity index is 1.84. The number of rotatable bonds is 4. The van der Waals surface area contributed by atoms with Crippen LogP contribution in [0.25, 0.3) is 0 Å². The second-order valence-electron chi connectivity index (χ2n) is 4.46. The fourth-order valence-electron chi connectivity index (χ4n) is 2.07. The molecule has 2 rings (SSSR count). The van der Waals surface area contributed by atoms with Crippen LogP contribution >= 0.6 is 0 Å². The minimum atomic E-state index is -0.155. The SMILES string of the molecule is COc1cccc(COC(=O)[C@H]2CCCCN2)c1. The van der Waals surface area contributed by atoms with Crippen LogP contribution in [0.1, 0.15) is 24.8 Å². The minimum absolute atomic E-state index is 0.135. The van der Waals surface area contributed by atoms with Crippen LogP contribution in [0.4, 0.5) is 0 Å². The summed E-state index contributed by atoms with van der Waals surface area (Å²) in [5.41, 5.74) is 0.943. The zero-order valence-electron chi connectivity index (χ0n) is 10.6. The highest BCUT2D eigenvalue weighted by atomic mass is 16.5. The normalized spacial score (nSPS) is 19.3. The van der Waals surface area contributed by atoms with E-state index in [2.05, 4.69) is 5.32 Å². The number of ether oxygens (including phenoxy) is 2. The van der Waals surface area contributed by atoms with Gasteiger partial charge in [-0.2, -0.15) is 0 Å². The van der Waals surface area contributed by atoms with Crippen molar-refractivity contribution in [1.29, 1.82) is 0 Å². The highest BCUT2D eigenvalue weighted by Crippen LogP contribution is 2.14. The Morgan fingerprint density at radius 1 is 1.44 bits per heavy atom. The monoisotopic (exact) mass is 249 g/mol. The Hall–Kier alpha value is -1.55. The molecule has 1 aromatic rings. The molecule has 0 aliphatic carbocycles. The van der Waals surface area contributed by atoms with E-state index in [1.165, 1.54) is 0 Å². The first kappa shape index (κ1) is 12.9. The van der Waals surface area contributed by atoms with Gasteiger partial charge in [0.2, 0.25) is 0 Å². The Labute approximate surface area is 107 Å². The Morgan fingerprint density at radius 3 is 3.06 bits per heavy atom. The molecule has 1 saturated heterocycles. The summed E-state index contributed by atoms with van der Waals surface area (Å²) in [7, 11) is 1.62. The number of carbonyl (C=O) groups is 1. The highest BCUT2D eigenvalue weighted by molar-refractivity contribution is 5.75. The summed E-state index contributed by atoms with van der Waals surface area (Å²) >= 11 is 0. The van der Waals surface area contributed by atoms with E-state index in [1.54, 1.807) is 7.11 Å². The van der Waals surface area contributed by atoms with Crippen molar-refractivity contribution in [2.75, 3.05) is 13.7 Å². The number of nitrogens with one attached hydrogen (secondary N) is 1. The summed E-state index contributed by atoms with van der Waals surface area (Å²) in [5.74, 6) is 0.622. The van der Waals surface area contributed by atoms with Gasteiger partial charge in [-0.15, -0.1) is 0 Å². The minimum Gasteiger partial charge on any atom is -0.497 e. The number of piperidine rings is 1. The first-order valence-corrected chi connectivity index (χ1v) is 6.32. The summed E-state index contributed by atoms with van der Waals surface area (Å²) in [6.07, 6.45) is 3.10. The van der Waals surface area contributed by atoms with E-state index in [4.69, 9.17) is 9.47 Å². The molecule has 0 aromatic heterocycles. The fourth-order valence-corrected chi connectivity index (χ4v) is 2.07. The lowest BCUT2D eigenvalue weighted by Gasteiger charge is -2.21. The van der Waals surface area contributed by atoms with Crippen molar-refractivity contribution in [3.05, 3.63) is 29.8 Å². The third-order valence-corrected chi connectivity index (χ3v) is 3.11. The number of esters is 1. The Morgan fingerprint density at radius 2 is 2.33 bits per heavy atom. The first-order valence-electron chi connectivity index (χ1n) is 6.32. The fraction of sp³-hybridized carbons (Fsp3) is 0.500. The van der Waals surface area contributed by atoms with Crippen molar-refractivity contribution in [3.8, 4) is 5.75 Å². The van der Waals surface area contributed by atoms with Crippen LogP contribution < -0.4 is 10.1 Å². The van der Waals surface area contributed by atoms with Crippen LogP contribution in [0.5, 0.6) is 5.75 Å². The second-order valence-corrected chi connectivity index (χ2v) is 4.46. The third-order valence-electron chi connectivity index (χ3n) is 3.11. The molecule has 98 valence electrons. The van der Waals surface area contributed by atoms with Crippen LogP contribution in [0.3, 0.4) is 0 Å². The van der Waals surface area contributed by atoms with Crippen molar-refractivity contribution >= 4 is 5.97 Å². The van der Waals surface area contributed by atoms with E-state index in [0.717, 1.165) is 37.1 Å². The molecule has 4 nitrogen and oxygen atoms in total. The van der Waals surface area contributed by atoms with Crippen LogP contribution in [0.2, 0.25) is 0 Å². The van der Waals surface area contributed by atoms with Crippen molar-refractivity contribution in [3.63, 3.8) is 0 Å². The second kappa shape index (κ2) is 6.40. The highest BCUT2D eigenvalue weighted by Gasteiger charge is 2.21. The predicted octanol–water partition coefficient (Wildman–Crippen LogP) is 1.88. The quantitative estimate of drug-likeness (QED) is 0.828. The zero-order valence-corrected chi connectivity index (χ0v) is 10.6. The number of hydrogen-bond donors (Lipinski definition) is 1.